The summed E-state index contributed by atoms with van der Waals surface area (Å²) in [6, 6.07) is 12.2. The van der Waals surface area contributed by atoms with E-state index < -0.39 is 35.2 Å². The zero-order chi connectivity index (χ0) is 16.8. The Morgan fingerprint density at radius 1 is 1.04 bits per heavy atom. The molecule has 0 heterocycles. The Morgan fingerprint density at radius 3 is 2.26 bits per heavy atom. The van der Waals surface area contributed by atoms with Gasteiger partial charge in [0.15, 0.2) is 6.10 Å². The van der Waals surface area contributed by atoms with Gasteiger partial charge in [-0.15, -0.1) is 0 Å². The highest BCUT2D eigenvalue weighted by molar-refractivity contribution is 5.92. The first-order valence-electron chi connectivity index (χ1n) is 6.95. The van der Waals surface area contributed by atoms with Crippen LogP contribution in [0.4, 0.5) is 8.78 Å². The van der Waals surface area contributed by atoms with Crippen molar-refractivity contribution < 1.29 is 23.1 Å². The van der Waals surface area contributed by atoms with Crippen molar-refractivity contribution in [2.24, 2.45) is 0 Å². The number of amides is 1. The van der Waals surface area contributed by atoms with Crippen molar-refractivity contribution in [3.63, 3.8) is 0 Å². The number of hydrogen-bond donors (Lipinski definition) is 1. The lowest BCUT2D eigenvalue weighted by molar-refractivity contribution is -0.129. The summed E-state index contributed by atoms with van der Waals surface area (Å²) in [7, 11) is 0. The molecule has 0 bridgehead atoms. The van der Waals surface area contributed by atoms with Crippen molar-refractivity contribution in [1.82, 2.24) is 5.32 Å². The topological polar surface area (TPSA) is 55.4 Å². The predicted molar refractivity (Wildman–Crippen MR) is 79.5 cm³/mol. The molecular weight excluding hydrogens is 304 g/mol. The third kappa shape index (κ3) is 4.35. The molecule has 6 heteroatoms. The number of carbonyl (C=O) groups is 2. The number of carbonyl (C=O) groups excluding carboxylic acids is 2. The summed E-state index contributed by atoms with van der Waals surface area (Å²) in [6.07, 6.45) is -1.18. The molecule has 0 saturated heterocycles. The molecule has 0 radical (unpaired) electrons. The van der Waals surface area contributed by atoms with E-state index in [9.17, 15) is 18.4 Å². The molecule has 0 aromatic heterocycles. The van der Waals surface area contributed by atoms with Crippen LogP contribution < -0.4 is 5.32 Å². The van der Waals surface area contributed by atoms with E-state index in [4.69, 9.17) is 4.74 Å². The summed E-state index contributed by atoms with van der Waals surface area (Å²) in [5.41, 5.74) is 0.0646. The van der Waals surface area contributed by atoms with Gasteiger partial charge in [-0.3, -0.25) is 4.79 Å². The summed E-state index contributed by atoms with van der Waals surface area (Å²) >= 11 is 0. The average Bonchev–Trinajstić information content (AvgIpc) is 2.53. The molecule has 0 aliphatic heterocycles. The van der Waals surface area contributed by atoms with E-state index in [0.29, 0.717) is 0 Å². The average molecular weight is 319 g/mol. The summed E-state index contributed by atoms with van der Waals surface area (Å²) in [6.45, 7) is 1.59. The number of ether oxygens (including phenoxy) is 1. The molecule has 0 saturated carbocycles. The second kappa shape index (κ2) is 7.49. The minimum atomic E-state index is -1.22. The second-order valence-electron chi connectivity index (χ2n) is 4.85. The van der Waals surface area contributed by atoms with Crippen LogP contribution >= 0.6 is 0 Å². The number of benzene rings is 2. The molecule has 2 aromatic rings. The molecule has 0 aliphatic carbocycles. The van der Waals surface area contributed by atoms with Crippen molar-refractivity contribution in [1.29, 1.82) is 0 Å². The van der Waals surface area contributed by atoms with E-state index in [0.717, 1.165) is 23.8 Å². The molecule has 4 nitrogen and oxygen atoms in total. The molecule has 120 valence electrons. The van der Waals surface area contributed by atoms with Gasteiger partial charge in [-0.25, -0.2) is 13.6 Å². The van der Waals surface area contributed by atoms with Gasteiger partial charge >= 0.3 is 5.97 Å². The highest BCUT2D eigenvalue weighted by Crippen LogP contribution is 2.14. The molecular formula is C17H15F2NO3. The van der Waals surface area contributed by atoms with Gasteiger partial charge in [-0.1, -0.05) is 36.4 Å². The van der Waals surface area contributed by atoms with Crippen molar-refractivity contribution >= 4 is 11.9 Å². The van der Waals surface area contributed by atoms with Crippen LogP contribution in [0.2, 0.25) is 0 Å². The van der Waals surface area contributed by atoms with E-state index in [1.165, 1.54) is 6.92 Å². The molecule has 0 aliphatic rings. The van der Waals surface area contributed by atoms with Gasteiger partial charge in [0.05, 0.1) is 0 Å². The lowest BCUT2D eigenvalue weighted by Crippen LogP contribution is -2.35. The van der Waals surface area contributed by atoms with Gasteiger partial charge in [-0.2, -0.15) is 0 Å². The molecule has 23 heavy (non-hydrogen) atoms. The Morgan fingerprint density at radius 2 is 1.65 bits per heavy atom. The lowest BCUT2D eigenvalue weighted by Gasteiger charge is -2.14. The first kappa shape index (κ1) is 16.6. The maximum Gasteiger partial charge on any atom is 0.344 e. The fraction of sp³-hybridized carbons (Fsp3) is 0.176. The maximum atomic E-state index is 13.5. The Kier molecular flexibility index (Phi) is 5.41. The lowest BCUT2D eigenvalue weighted by atomic mass is 10.2. The smallest absolute Gasteiger partial charge is 0.344 e. The quantitative estimate of drug-likeness (QED) is 0.862. The first-order valence-corrected chi connectivity index (χ1v) is 6.95. The van der Waals surface area contributed by atoms with E-state index in [1.54, 1.807) is 0 Å². The summed E-state index contributed by atoms with van der Waals surface area (Å²) in [4.78, 5) is 23.7. The van der Waals surface area contributed by atoms with Gasteiger partial charge in [0.1, 0.15) is 17.2 Å². The molecule has 0 fully saturated rings. The first-order chi connectivity index (χ1) is 11.0. The monoisotopic (exact) mass is 319 g/mol. The van der Waals surface area contributed by atoms with Gasteiger partial charge in [0, 0.05) is 6.54 Å². The number of nitrogens with one attached hydrogen (secondary N) is 1. The fourth-order valence-electron chi connectivity index (χ4n) is 1.89. The van der Waals surface area contributed by atoms with Crippen molar-refractivity contribution in [3.8, 4) is 0 Å². The normalized spacial score (nSPS) is 11.6. The van der Waals surface area contributed by atoms with Crippen LogP contribution in [0.15, 0.2) is 48.5 Å². The molecule has 1 atom stereocenters. The van der Waals surface area contributed by atoms with Crippen LogP contribution in [0.3, 0.4) is 0 Å². The van der Waals surface area contributed by atoms with Gasteiger partial charge in [0.2, 0.25) is 0 Å². The Balaban J connectivity index is 1.94. The van der Waals surface area contributed by atoms with Gasteiger partial charge in [0.25, 0.3) is 5.91 Å². The highest BCUT2D eigenvalue weighted by Gasteiger charge is 2.23. The van der Waals surface area contributed by atoms with Crippen LogP contribution in [0.5, 0.6) is 0 Å². The van der Waals surface area contributed by atoms with Crippen LogP contribution in [0, 0.1) is 11.6 Å². The third-order valence-corrected chi connectivity index (χ3v) is 3.13. The van der Waals surface area contributed by atoms with E-state index in [-0.39, 0.29) is 6.54 Å². The Hall–Kier alpha value is -2.76. The summed E-state index contributed by atoms with van der Waals surface area (Å²) < 4.78 is 31.8. The molecule has 1 amide bonds. The van der Waals surface area contributed by atoms with Gasteiger partial charge in [-0.05, 0) is 24.6 Å². The Bertz CT molecular complexity index is 684. The highest BCUT2D eigenvalue weighted by atomic mass is 19.1. The number of rotatable bonds is 5. The third-order valence-electron chi connectivity index (χ3n) is 3.13. The minimum absolute atomic E-state index is 0.260. The molecule has 0 unspecified atom stereocenters. The zero-order valence-electron chi connectivity index (χ0n) is 12.4. The largest absolute Gasteiger partial charge is 0.449 e. The Labute approximate surface area is 132 Å². The fourth-order valence-corrected chi connectivity index (χ4v) is 1.89. The summed E-state index contributed by atoms with van der Waals surface area (Å²) in [5.74, 6) is -3.85. The second-order valence-corrected chi connectivity index (χ2v) is 4.85. The van der Waals surface area contributed by atoms with Crippen LogP contribution in [0.1, 0.15) is 22.8 Å². The van der Waals surface area contributed by atoms with E-state index in [1.807, 2.05) is 30.3 Å². The molecule has 1 N–H and O–H groups in total. The van der Waals surface area contributed by atoms with Crippen LogP contribution in [-0.4, -0.2) is 18.0 Å². The number of halogens is 2. The van der Waals surface area contributed by atoms with Crippen molar-refractivity contribution in [2.45, 2.75) is 19.6 Å². The summed E-state index contributed by atoms with van der Waals surface area (Å²) in [5, 5.41) is 2.58. The molecule has 2 rings (SSSR count). The molecule has 2 aromatic carbocycles. The predicted octanol–water partition coefficient (Wildman–Crippen LogP) is 2.83. The van der Waals surface area contributed by atoms with Crippen molar-refractivity contribution in [3.05, 3.63) is 71.3 Å². The van der Waals surface area contributed by atoms with Crippen molar-refractivity contribution in [2.75, 3.05) is 0 Å². The van der Waals surface area contributed by atoms with Crippen LogP contribution in [0.25, 0.3) is 0 Å². The van der Waals surface area contributed by atoms with E-state index in [2.05, 4.69) is 5.32 Å². The molecule has 0 spiro atoms. The minimum Gasteiger partial charge on any atom is -0.449 e. The SMILES string of the molecule is C[C@H](OC(=O)c1c(F)cccc1F)C(=O)NCc1ccccc1. The maximum absolute atomic E-state index is 13.5. The number of esters is 1. The van der Waals surface area contributed by atoms with Crippen LogP contribution in [-0.2, 0) is 16.1 Å². The standard InChI is InChI=1S/C17H15F2NO3/c1-11(16(21)20-10-12-6-3-2-4-7-12)23-17(22)15-13(18)8-5-9-14(15)19/h2-9,11H,10H2,1H3,(H,20,21)/t11-/m0/s1. The zero-order valence-corrected chi connectivity index (χ0v) is 12.4. The van der Waals surface area contributed by atoms with E-state index >= 15 is 0 Å². The van der Waals surface area contributed by atoms with Gasteiger partial charge < -0.3 is 10.1 Å². The number of hydrogen-bond acceptors (Lipinski definition) is 3.